The summed E-state index contributed by atoms with van der Waals surface area (Å²) >= 11 is 1.36. The first-order valence-corrected chi connectivity index (χ1v) is 17.4. The van der Waals surface area contributed by atoms with E-state index < -0.39 is 46.6 Å². The van der Waals surface area contributed by atoms with Crippen LogP contribution in [0.1, 0.15) is 53.8 Å². The van der Waals surface area contributed by atoms with Crippen molar-refractivity contribution >= 4 is 33.4 Å². The third-order valence-electron chi connectivity index (χ3n) is 7.68. The van der Waals surface area contributed by atoms with Gasteiger partial charge < -0.3 is 20.5 Å². The average Bonchev–Trinajstić information content (AvgIpc) is 3.55. The van der Waals surface area contributed by atoms with Gasteiger partial charge in [0.15, 0.2) is 0 Å². The lowest BCUT2D eigenvalue weighted by atomic mass is 9.84. The van der Waals surface area contributed by atoms with Crippen molar-refractivity contribution in [3.63, 3.8) is 0 Å². The predicted molar refractivity (Wildman–Crippen MR) is 180 cm³/mol. The van der Waals surface area contributed by atoms with Crippen LogP contribution in [0.2, 0.25) is 0 Å². The van der Waals surface area contributed by atoms with E-state index in [0.29, 0.717) is 12.0 Å². The fraction of sp³-hybridized carbons (Fsp3) is 0.314. The van der Waals surface area contributed by atoms with Gasteiger partial charge in [0.25, 0.3) is 0 Å². The van der Waals surface area contributed by atoms with Crippen LogP contribution in [0, 0.1) is 5.92 Å². The van der Waals surface area contributed by atoms with Crippen molar-refractivity contribution in [2.45, 2.75) is 49.7 Å². The highest BCUT2D eigenvalue weighted by Crippen LogP contribution is 2.32. The Hall–Kier alpha value is -4.03. The summed E-state index contributed by atoms with van der Waals surface area (Å²) < 4.78 is 33.7. The van der Waals surface area contributed by atoms with Crippen molar-refractivity contribution in [3.8, 4) is 0 Å². The van der Waals surface area contributed by atoms with Crippen LogP contribution < -0.4 is 10.6 Å². The van der Waals surface area contributed by atoms with Gasteiger partial charge in [0, 0.05) is 17.3 Å². The molecule has 0 aliphatic carbocycles. The minimum absolute atomic E-state index is 0.134. The molecule has 2 atom stereocenters. The molecule has 3 aromatic carbocycles. The Morgan fingerprint density at radius 2 is 1.46 bits per heavy atom. The van der Waals surface area contributed by atoms with Crippen molar-refractivity contribution in [1.29, 1.82) is 0 Å². The molecule has 0 saturated carbocycles. The van der Waals surface area contributed by atoms with Gasteiger partial charge in [0.2, 0.25) is 15.9 Å². The summed E-state index contributed by atoms with van der Waals surface area (Å²) in [6, 6.07) is 27.2. The second-order valence-electron chi connectivity index (χ2n) is 11.3. The second-order valence-corrected chi connectivity index (χ2v) is 14.2. The molecule has 46 heavy (non-hydrogen) atoms. The lowest BCUT2D eigenvalue weighted by Crippen LogP contribution is -2.50. The van der Waals surface area contributed by atoms with Crippen LogP contribution in [0.25, 0.3) is 0 Å². The summed E-state index contributed by atoms with van der Waals surface area (Å²) in [4.78, 5) is 27.1. The fourth-order valence-electron chi connectivity index (χ4n) is 5.25. The standard InChI is InChI=1S/C35H41N3O6S2/c1-25(2)19-20-38(46(42,43)30-17-11-6-12-18-30)31(23-39)28-21-29(45-24-28)22-36-34(40)33(37-35(41)44-3)32(26-13-7-4-8-14-26)27-15-9-5-10-16-27/h4-18,21,24-25,31-33,39H,19-20,22-23H2,1-3H3,(H,36,40)(H,37,41)/t31?,33-/m0/s1. The highest BCUT2D eigenvalue weighted by atomic mass is 32.2. The van der Waals surface area contributed by atoms with Crippen LogP contribution >= 0.6 is 11.3 Å². The Balaban J connectivity index is 1.58. The zero-order valence-electron chi connectivity index (χ0n) is 26.2. The van der Waals surface area contributed by atoms with Gasteiger partial charge in [-0.15, -0.1) is 11.3 Å². The normalized spacial score (nSPS) is 13.0. The van der Waals surface area contributed by atoms with E-state index in [4.69, 9.17) is 4.74 Å². The molecule has 1 heterocycles. The van der Waals surface area contributed by atoms with Crippen LogP contribution in [-0.4, -0.2) is 56.1 Å². The molecule has 2 amide bonds. The number of thiophene rings is 1. The Morgan fingerprint density at radius 3 is 1.98 bits per heavy atom. The SMILES string of the molecule is COC(=O)N[C@H](C(=O)NCc1cc(C(CO)N(CCC(C)C)S(=O)(=O)c2ccccc2)cs1)C(c1ccccc1)c1ccccc1. The highest BCUT2D eigenvalue weighted by molar-refractivity contribution is 7.89. The van der Waals surface area contributed by atoms with Crippen molar-refractivity contribution in [3.05, 3.63) is 124 Å². The molecule has 4 aromatic rings. The number of carbonyl (C=O) groups is 2. The highest BCUT2D eigenvalue weighted by Gasteiger charge is 2.34. The van der Waals surface area contributed by atoms with Gasteiger partial charge in [-0.25, -0.2) is 13.2 Å². The van der Waals surface area contributed by atoms with E-state index >= 15 is 0 Å². The number of nitrogens with one attached hydrogen (secondary N) is 2. The number of amides is 2. The minimum atomic E-state index is -3.90. The summed E-state index contributed by atoms with van der Waals surface area (Å²) in [5, 5.41) is 18.0. The molecule has 0 aliphatic heterocycles. The molecule has 0 fully saturated rings. The number of benzene rings is 3. The summed E-state index contributed by atoms with van der Waals surface area (Å²) in [5.41, 5.74) is 2.32. The number of rotatable bonds is 15. The Morgan fingerprint density at radius 1 is 0.891 bits per heavy atom. The van der Waals surface area contributed by atoms with Crippen molar-refractivity contribution in [2.24, 2.45) is 5.92 Å². The maximum Gasteiger partial charge on any atom is 0.407 e. The first-order chi connectivity index (χ1) is 22.1. The molecule has 1 aromatic heterocycles. The number of sulfonamides is 1. The van der Waals surface area contributed by atoms with Crippen molar-refractivity contribution in [2.75, 3.05) is 20.3 Å². The number of nitrogens with zero attached hydrogens (tertiary/aromatic N) is 1. The van der Waals surface area contributed by atoms with Crippen LogP contribution in [0.5, 0.6) is 0 Å². The number of methoxy groups -OCH3 is 1. The molecular formula is C35H41N3O6S2. The largest absolute Gasteiger partial charge is 0.453 e. The molecule has 1 unspecified atom stereocenters. The minimum Gasteiger partial charge on any atom is -0.453 e. The number of aliphatic hydroxyl groups excluding tert-OH is 1. The topological polar surface area (TPSA) is 125 Å². The smallest absolute Gasteiger partial charge is 0.407 e. The van der Waals surface area contributed by atoms with Gasteiger partial charge in [0.1, 0.15) is 6.04 Å². The number of alkyl carbamates (subject to hydrolysis) is 1. The third-order valence-corrected chi connectivity index (χ3v) is 10.6. The number of hydrogen-bond donors (Lipinski definition) is 3. The monoisotopic (exact) mass is 663 g/mol. The van der Waals surface area contributed by atoms with E-state index in [0.717, 1.165) is 16.0 Å². The van der Waals surface area contributed by atoms with E-state index in [1.165, 1.54) is 22.8 Å². The van der Waals surface area contributed by atoms with E-state index in [1.807, 2.05) is 86.0 Å². The molecule has 9 nitrogen and oxygen atoms in total. The van der Waals surface area contributed by atoms with Crippen LogP contribution in [0.15, 0.2) is 107 Å². The number of aliphatic hydroxyl groups is 1. The van der Waals surface area contributed by atoms with E-state index in [1.54, 1.807) is 30.3 Å². The third kappa shape index (κ3) is 8.82. The Kier molecular flexibility index (Phi) is 12.5. The Labute approximate surface area is 275 Å². The summed E-state index contributed by atoms with van der Waals surface area (Å²) in [7, 11) is -2.66. The maximum atomic E-state index is 13.8. The summed E-state index contributed by atoms with van der Waals surface area (Å²) in [5.74, 6) is -0.665. The fourth-order valence-corrected chi connectivity index (χ4v) is 7.77. The van der Waals surface area contributed by atoms with Crippen molar-refractivity contribution < 1.29 is 27.9 Å². The molecular weight excluding hydrogens is 623 g/mol. The number of carbonyl (C=O) groups excluding carboxylic acids is 2. The number of hydrogen-bond acceptors (Lipinski definition) is 7. The number of ether oxygens (including phenoxy) is 1. The van der Waals surface area contributed by atoms with Gasteiger partial charge in [0.05, 0.1) is 31.2 Å². The van der Waals surface area contributed by atoms with E-state index in [-0.39, 0.29) is 23.9 Å². The van der Waals surface area contributed by atoms with Gasteiger partial charge in [-0.05, 0) is 52.6 Å². The lowest BCUT2D eigenvalue weighted by Gasteiger charge is -2.30. The Bertz CT molecular complexity index is 1610. The lowest BCUT2D eigenvalue weighted by molar-refractivity contribution is -0.123. The maximum absolute atomic E-state index is 13.8. The van der Waals surface area contributed by atoms with Crippen LogP contribution in [0.3, 0.4) is 0 Å². The quantitative estimate of drug-likeness (QED) is 0.150. The summed E-state index contributed by atoms with van der Waals surface area (Å²) in [6.07, 6.45) is -0.115. The predicted octanol–water partition coefficient (Wildman–Crippen LogP) is 5.69. The second kappa shape index (κ2) is 16.5. The molecule has 0 radical (unpaired) electrons. The first kappa shape index (κ1) is 34.8. The van der Waals surface area contributed by atoms with E-state index in [9.17, 15) is 23.1 Å². The van der Waals surface area contributed by atoms with Gasteiger partial charge in [-0.3, -0.25) is 4.79 Å². The molecule has 0 aliphatic rings. The average molecular weight is 664 g/mol. The van der Waals surface area contributed by atoms with Crippen molar-refractivity contribution in [1.82, 2.24) is 14.9 Å². The van der Waals surface area contributed by atoms with Gasteiger partial charge >= 0.3 is 6.09 Å². The molecule has 3 N–H and O–H groups in total. The van der Waals surface area contributed by atoms with Gasteiger partial charge in [-0.2, -0.15) is 4.31 Å². The zero-order valence-corrected chi connectivity index (χ0v) is 27.8. The molecule has 0 spiro atoms. The first-order valence-electron chi connectivity index (χ1n) is 15.1. The van der Waals surface area contributed by atoms with Crippen LogP contribution in [0.4, 0.5) is 4.79 Å². The molecule has 244 valence electrons. The zero-order chi connectivity index (χ0) is 33.1. The molecule has 11 heteroatoms. The van der Waals surface area contributed by atoms with Gasteiger partial charge in [-0.1, -0.05) is 92.7 Å². The summed E-state index contributed by atoms with van der Waals surface area (Å²) in [6.45, 7) is 4.01. The molecule has 0 bridgehead atoms. The molecule has 4 rings (SSSR count). The van der Waals surface area contributed by atoms with Crippen LogP contribution in [-0.2, 0) is 26.1 Å². The molecule has 0 saturated heterocycles. The van der Waals surface area contributed by atoms with E-state index in [2.05, 4.69) is 10.6 Å².